The number of nitrogens with one attached hydrogen (secondary N) is 1. The zero-order valence-electron chi connectivity index (χ0n) is 16.6. The van der Waals surface area contributed by atoms with Crippen molar-refractivity contribution in [3.05, 3.63) is 86.8 Å². The number of aliphatic hydroxyl groups is 1. The zero-order valence-corrected chi connectivity index (χ0v) is 16.6. The molecule has 0 saturated carbocycles. The molecule has 2 atom stereocenters. The van der Waals surface area contributed by atoms with Gasteiger partial charge in [-0.2, -0.15) is 0 Å². The van der Waals surface area contributed by atoms with E-state index in [1.807, 2.05) is 51.1 Å². The molecule has 29 heavy (non-hydrogen) atoms. The van der Waals surface area contributed by atoms with Gasteiger partial charge in [-0.05, 0) is 28.6 Å². The number of azide groups is 1. The molecule has 0 saturated heterocycles. The fourth-order valence-electron chi connectivity index (χ4n) is 3.01. The highest BCUT2D eigenvalue weighted by molar-refractivity contribution is 5.77. The van der Waals surface area contributed by atoms with E-state index < -0.39 is 17.6 Å². The van der Waals surface area contributed by atoms with Crippen molar-refractivity contribution in [3.63, 3.8) is 0 Å². The van der Waals surface area contributed by atoms with E-state index >= 15 is 0 Å². The summed E-state index contributed by atoms with van der Waals surface area (Å²) in [6.07, 6.45) is -0.984. The van der Waals surface area contributed by atoms with Crippen molar-refractivity contribution in [1.29, 1.82) is 0 Å². The molecule has 0 unspecified atom stereocenters. The lowest BCUT2D eigenvalue weighted by molar-refractivity contribution is 0.0518. The van der Waals surface area contributed by atoms with Crippen LogP contribution >= 0.6 is 0 Å². The Morgan fingerprint density at radius 1 is 1.17 bits per heavy atom. The first kappa shape index (κ1) is 20.4. The summed E-state index contributed by atoms with van der Waals surface area (Å²) in [7, 11) is 0. The summed E-state index contributed by atoms with van der Waals surface area (Å²) in [5, 5.41) is 15.1. The fraction of sp³-hybridized carbons (Fsp3) is 0.333. The van der Waals surface area contributed by atoms with Crippen LogP contribution in [0.1, 0.15) is 44.3 Å². The highest BCUT2D eigenvalue weighted by atomic mass is 16.3. The molecule has 0 aliphatic carbocycles. The van der Waals surface area contributed by atoms with E-state index in [0.29, 0.717) is 10.9 Å². The quantitative estimate of drug-likeness (QED) is 0.373. The Bertz CT molecular complexity index is 1100. The molecule has 0 spiro atoms. The van der Waals surface area contributed by atoms with Gasteiger partial charge >= 0.3 is 0 Å². The van der Waals surface area contributed by atoms with Crippen LogP contribution in [0, 0.1) is 5.41 Å². The van der Waals surface area contributed by atoms with Crippen molar-refractivity contribution in [2.75, 3.05) is 12.0 Å². The maximum absolute atomic E-state index is 13.1. The summed E-state index contributed by atoms with van der Waals surface area (Å²) < 4.78 is 1.26. The molecule has 8 heteroatoms. The molecule has 0 aliphatic heterocycles. The predicted molar refractivity (Wildman–Crippen MR) is 113 cm³/mol. The van der Waals surface area contributed by atoms with E-state index in [2.05, 4.69) is 20.4 Å². The minimum Gasteiger partial charge on any atom is -0.385 e. The van der Waals surface area contributed by atoms with Gasteiger partial charge < -0.3 is 10.5 Å². The van der Waals surface area contributed by atoms with Crippen LogP contribution in [0.3, 0.4) is 0 Å². The van der Waals surface area contributed by atoms with E-state index in [-0.39, 0.29) is 17.9 Å². The molecule has 0 amide bonds. The molecule has 0 fully saturated rings. The van der Waals surface area contributed by atoms with Gasteiger partial charge in [-0.1, -0.05) is 68.4 Å². The Balaban J connectivity index is 2.06. The third-order valence-electron chi connectivity index (χ3n) is 4.68. The lowest BCUT2D eigenvalue weighted by atomic mass is 9.88. The minimum absolute atomic E-state index is 0.165. The maximum atomic E-state index is 13.1. The molecule has 3 rings (SSSR count). The van der Waals surface area contributed by atoms with Gasteiger partial charge in [0.05, 0.1) is 16.9 Å². The zero-order chi connectivity index (χ0) is 21.0. The second-order valence-electron chi connectivity index (χ2n) is 7.89. The van der Waals surface area contributed by atoms with Gasteiger partial charge in [-0.25, -0.2) is 9.66 Å². The van der Waals surface area contributed by atoms with Gasteiger partial charge in [0.1, 0.15) is 6.10 Å². The summed E-state index contributed by atoms with van der Waals surface area (Å²) in [6, 6.07) is 15.8. The lowest BCUT2D eigenvalue weighted by Gasteiger charge is -2.28. The van der Waals surface area contributed by atoms with E-state index in [9.17, 15) is 9.90 Å². The molecule has 1 heterocycles. The number of fused-ring (bicyclic) bond motifs is 1. The van der Waals surface area contributed by atoms with Crippen LogP contribution in [-0.4, -0.2) is 21.3 Å². The van der Waals surface area contributed by atoms with Crippen LogP contribution in [0.4, 0.5) is 0 Å². The van der Waals surface area contributed by atoms with Crippen LogP contribution in [-0.2, 0) is 0 Å². The first-order valence-corrected chi connectivity index (χ1v) is 9.35. The standard InChI is InChI=1S/C21H24N6O2/c1-21(2,3)18(28)19-24-16-12-8-7-11-15(16)20(29)27(19)23-13-17(25-26-22)14-9-5-4-6-10-14/h4-12,17-18,23,28H,13H2,1-3H3/t17-,18-/m1/s1. The molecular formula is C21H24N6O2. The number of aromatic nitrogens is 2. The van der Waals surface area contributed by atoms with Crippen LogP contribution in [0.2, 0.25) is 0 Å². The summed E-state index contributed by atoms with van der Waals surface area (Å²) in [6.45, 7) is 5.78. The van der Waals surface area contributed by atoms with E-state index in [1.54, 1.807) is 24.3 Å². The SMILES string of the molecule is CC(C)(C)[C@H](O)c1nc2ccccc2c(=O)n1NC[C@@H](N=[N+]=[N-])c1ccccc1. The van der Waals surface area contributed by atoms with Gasteiger partial charge in [0, 0.05) is 11.5 Å². The highest BCUT2D eigenvalue weighted by Crippen LogP contribution is 2.31. The third kappa shape index (κ3) is 4.39. The molecule has 8 nitrogen and oxygen atoms in total. The Morgan fingerprint density at radius 2 is 1.83 bits per heavy atom. The molecule has 2 aromatic carbocycles. The smallest absolute Gasteiger partial charge is 0.280 e. The van der Waals surface area contributed by atoms with Crippen molar-refractivity contribution in [2.24, 2.45) is 10.5 Å². The van der Waals surface area contributed by atoms with Crippen LogP contribution in [0.5, 0.6) is 0 Å². The topological polar surface area (TPSA) is 116 Å². The fourth-order valence-corrected chi connectivity index (χ4v) is 3.01. The van der Waals surface area contributed by atoms with Crippen molar-refractivity contribution in [1.82, 2.24) is 9.66 Å². The van der Waals surface area contributed by atoms with Crippen molar-refractivity contribution >= 4 is 10.9 Å². The summed E-state index contributed by atoms with van der Waals surface area (Å²) >= 11 is 0. The molecule has 2 N–H and O–H groups in total. The average Bonchev–Trinajstić information content (AvgIpc) is 2.71. The Hall–Kier alpha value is -3.35. The monoisotopic (exact) mass is 392 g/mol. The number of hydrogen-bond donors (Lipinski definition) is 2. The van der Waals surface area contributed by atoms with Crippen LogP contribution in [0.25, 0.3) is 21.3 Å². The second-order valence-corrected chi connectivity index (χ2v) is 7.89. The number of aliphatic hydroxyl groups excluding tert-OH is 1. The summed E-state index contributed by atoms with van der Waals surface area (Å²) in [5.74, 6) is 0.217. The summed E-state index contributed by atoms with van der Waals surface area (Å²) in [5.41, 5.74) is 12.5. The number of rotatable bonds is 6. The second kappa shape index (κ2) is 8.34. The van der Waals surface area contributed by atoms with Crippen molar-refractivity contribution in [3.8, 4) is 0 Å². The van der Waals surface area contributed by atoms with Gasteiger partial charge in [-0.3, -0.25) is 4.79 Å². The first-order valence-electron chi connectivity index (χ1n) is 9.35. The summed E-state index contributed by atoms with van der Waals surface area (Å²) in [4.78, 5) is 20.6. The van der Waals surface area contributed by atoms with Gasteiger partial charge in [0.15, 0.2) is 5.82 Å². The van der Waals surface area contributed by atoms with Gasteiger partial charge in [0.25, 0.3) is 5.56 Å². The van der Waals surface area contributed by atoms with E-state index in [0.717, 1.165) is 5.56 Å². The van der Waals surface area contributed by atoms with E-state index in [1.165, 1.54) is 4.68 Å². The molecular weight excluding hydrogens is 368 g/mol. The van der Waals surface area contributed by atoms with Crippen molar-refractivity contribution < 1.29 is 5.11 Å². The number of hydrogen-bond acceptors (Lipinski definition) is 5. The van der Waals surface area contributed by atoms with E-state index in [4.69, 9.17) is 5.53 Å². The lowest BCUT2D eigenvalue weighted by Crippen LogP contribution is -2.38. The average molecular weight is 392 g/mol. The van der Waals surface area contributed by atoms with Crippen LogP contribution < -0.4 is 11.0 Å². The molecule has 3 aromatic rings. The number of benzene rings is 2. The third-order valence-corrected chi connectivity index (χ3v) is 4.68. The number of para-hydroxylation sites is 1. The molecule has 1 aromatic heterocycles. The van der Waals surface area contributed by atoms with Crippen LogP contribution in [0.15, 0.2) is 64.5 Å². The molecule has 0 aliphatic rings. The first-order chi connectivity index (χ1) is 13.8. The maximum Gasteiger partial charge on any atom is 0.280 e. The Morgan fingerprint density at radius 3 is 2.48 bits per heavy atom. The molecule has 0 bridgehead atoms. The number of nitrogens with zero attached hydrogens (tertiary/aromatic N) is 5. The Labute approximate surface area is 168 Å². The minimum atomic E-state index is -0.984. The molecule has 150 valence electrons. The molecule has 0 radical (unpaired) electrons. The predicted octanol–water partition coefficient (Wildman–Crippen LogP) is 4.07. The highest BCUT2D eigenvalue weighted by Gasteiger charge is 2.29. The van der Waals surface area contributed by atoms with Gasteiger partial charge in [-0.15, -0.1) is 0 Å². The Kier molecular flexibility index (Phi) is 5.87. The van der Waals surface area contributed by atoms with Gasteiger partial charge in [0.2, 0.25) is 0 Å². The largest absolute Gasteiger partial charge is 0.385 e. The van der Waals surface area contributed by atoms with Crippen molar-refractivity contribution in [2.45, 2.75) is 32.9 Å². The normalized spacial score (nSPS) is 13.5.